The third-order valence-corrected chi connectivity index (χ3v) is 6.86. The number of rotatable bonds is 4. The fourth-order valence-corrected chi connectivity index (χ4v) is 4.41. The van der Waals surface area contributed by atoms with Crippen LogP contribution in [0.1, 0.15) is 12.5 Å². The summed E-state index contributed by atoms with van der Waals surface area (Å²) in [5.74, 6) is 0.224. The van der Waals surface area contributed by atoms with Crippen molar-refractivity contribution in [2.45, 2.75) is 23.6 Å². The minimum Gasteiger partial charge on any atom is -0.384 e. The molecule has 0 bridgehead atoms. The van der Waals surface area contributed by atoms with Crippen LogP contribution in [-0.2, 0) is 15.6 Å². The first-order valence-electron chi connectivity index (χ1n) is 8.79. The number of aromatic nitrogens is 1. The Morgan fingerprint density at radius 1 is 1.03 bits per heavy atom. The zero-order chi connectivity index (χ0) is 21.4. The molecule has 1 atom stereocenters. The number of sulfonamides is 1. The van der Waals surface area contributed by atoms with Crippen molar-refractivity contribution in [3.05, 3.63) is 48.2 Å². The number of hydrogen-bond donors (Lipinski definition) is 2. The average Bonchev–Trinajstić information content (AvgIpc) is 2.68. The van der Waals surface area contributed by atoms with Crippen LogP contribution in [0.3, 0.4) is 0 Å². The molecule has 2 heterocycles. The SMILES string of the molecule is C[C@](O)(c1ccc(N2CCN(S(=O)(=O)c3ccc(N)nc3)CC2)cc1)C(F)(F)F. The van der Waals surface area contributed by atoms with Crippen molar-refractivity contribution >= 4 is 21.5 Å². The summed E-state index contributed by atoms with van der Waals surface area (Å²) in [4.78, 5) is 5.74. The zero-order valence-corrected chi connectivity index (χ0v) is 16.4. The summed E-state index contributed by atoms with van der Waals surface area (Å²) in [6.07, 6.45) is -3.58. The van der Waals surface area contributed by atoms with E-state index < -0.39 is 21.8 Å². The van der Waals surface area contributed by atoms with E-state index in [-0.39, 0.29) is 29.4 Å². The lowest BCUT2D eigenvalue weighted by molar-refractivity contribution is -0.258. The van der Waals surface area contributed by atoms with Crippen LogP contribution in [0.15, 0.2) is 47.5 Å². The van der Waals surface area contributed by atoms with Gasteiger partial charge in [-0.3, -0.25) is 0 Å². The first-order valence-corrected chi connectivity index (χ1v) is 10.2. The molecule has 158 valence electrons. The molecule has 1 fully saturated rings. The minimum absolute atomic E-state index is 0.0545. The number of hydrogen-bond acceptors (Lipinski definition) is 6. The Morgan fingerprint density at radius 2 is 1.62 bits per heavy atom. The predicted molar refractivity (Wildman–Crippen MR) is 102 cm³/mol. The molecular weight excluding hydrogens is 409 g/mol. The highest BCUT2D eigenvalue weighted by molar-refractivity contribution is 7.89. The molecule has 0 unspecified atom stereocenters. The Labute approximate surface area is 166 Å². The number of nitrogens with two attached hydrogens (primary N) is 1. The molecule has 0 saturated carbocycles. The van der Waals surface area contributed by atoms with E-state index in [4.69, 9.17) is 5.73 Å². The molecular formula is C18H21F3N4O3S. The van der Waals surface area contributed by atoms with Gasteiger partial charge in [-0.15, -0.1) is 0 Å². The summed E-state index contributed by atoms with van der Waals surface area (Å²) >= 11 is 0. The van der Waals surface area contributed by atoms with Crippen LogP contribution >= 0.6 is 0 Å². The average molecular weight is 430 g/mol. The van der Waals surface area contributed by atoms with E-state index in [1.54, 1.807) is 0 Å². The molecule has 7 nitrogen and oxygen atoms in total. The van der Waals surface area contributed by atoms with Crippen LogP contribution in [-0.4, -0.2) is 55.2 Å². The van der Waals surface area contributed by atoms with Crippen LogP contribution < -0.4 is 10.6 Å². The number of alkyl halides is 3. The second-order valence-electron chi connectivity index (χ2n) is 6.93. The van der Waals surface area contributed by atoms with Crippen molar-refractivity contribution in [3.8, 4) is 0 Å². The van der Waals surface area contributed by atoms with Gasteiger partial charge >= 0.3 is 6.18 Å². The fourth-order valence-electron chi connectivity index (χ4n) is 3.04. The quantitative estimate of drug-likeness (QED) is 0.769. The monoisotopic (exact) mass is 430 g/mol. The third kappa shape index (κ3) is 4.16. The number of nitrogen functional groups attached to an aromatic ring is 1. The highest BCUT2D eigenvalue weighted by atomic mass is 32.2. The molecule has 11 heteroatoms. The third-order valence-electron chi connectivity index (χ3n) is 4.98. The lowest BCUT2D eigenvalue weighted by Crippen LogP contribution is -2.48. The van der Waals surface area contributed by atoms with Crippen molar-refractivity contribution in [3.63, 3.8) is 0 Å². The van der Waals surface area contributed by atoms with Gasteiger partial charge in [-0.25, -0.2) is 13.4 Å². The van der Waals surface area contributed by atoms with E-state index in [0.717, 1.165) is 0 Å². The number of anilines is 2. The highest BCUT2D eigenvalue weighted by Crippen LogP contribution is 2.39. The van der Waals surface area contributed by atoms with E-state index in [2.05, 4.69) is 4.98 Å². The summed E-state index contributed by atoms with van der Waals surface area (Å²) < 4.78 is 65.6. The zero-order valence-electron chi connectivity index (χ0n) is 15.6. The summed E-state index contributed by atoms with van der Waals surface area (Å²) in [6.45, 7) is 1.88. The molecule has 0 radical (unpaired) electrons. The maximum atomic E-state index is 13.0. The Bertz CT molecular complexity index is 953. The molecule has 1 aromatic carbocycles. The maximum absolute atomic E-state index is 13.0. The molecule has 2 aromatic rings. The lowest BCUT2D eigenvalue weighted by atomic mass is 9.95. The topological polar surface area (TPSA) is 99.8 Å². The normalized spacial score (nSPS) is 18.4. The van der Waals surface area contributed by atoms with Crippen molar-refractivity contribution in [2.75, 3.05) is 36.8 Å². The number of benzene rings is 1. The largest absolute Gasteiger partial charge is 0.421 e. The van der Waals surface area contributed by atoms with Crippen LogP contribution in [0.2, 0.25) is 0 Å². The van der Waals surface area contributed by atoms with Crippen molar-refractivity contribution in [2.24, 2.45) is 0 Å². The first-order chi connectivity index (χ1) is 13.4. The van der Waals surface area contributed by atoms with E-state index in [0.29, 0.717) is 25.7 Å². The van der Waals surface area contributed by atoms with Gasteiger partial charge in [-0.2, -0.15) is 17.5 Å². The molecule has 0 spiro atoms. The van der Waals surface area contributed by atoms with Gasteiger partial charge in [-0.05, 0) is 36.8 Å². The molecule has 0 amide bonds. The Hall–Kier alpha value is -2.37. The van der Waals surface area contributed by atoms with Crippen LogP contribution in [0.5, 0.6) is 0 Å². The van der Waals surface area contributed by atoms with Gasteiger partial charge in [0.25, 0.3) is 0 Å². The molecule has 29 heavy (non-hydrogen) atoms. The van der Waals surface area contributed by atoms with E-state index in [9.17, 15) is 26.7 Å². The summed E-state index contributed by atoms with van der Waals surface area (Å²) in [7, 11) is -3.70. The second-order valence-corrected chi connectivity index (χ2v) is 8.86. The number of pyridine rings is 1. The van der Waals surface area contributed by atoms with Gasteiger partial charge in [0, 0.05) is 38.1 Å². The molecule has 1 saturated heterocycles. The standard InChI is InChI=1S/C18H21F3N4O3S/c1-17(26,18(19,20)21)13-2-4-14(5-3-13)24-8-10-25(11-9-24)29(27,28)15-6-7-16(22)23-12-15/h2-7,12,26H,8-11H2,1H3,(H2,22,23)/t17-/m0/s1. The van der Waals surface area contributed by atoms with Crippen LogP contribution in [0, 0.1) is 0 Å². The van der Waals surface area contributed by atoms with Crippen molar-refractivity contribution in [1.29, 1.82) is 0 Å². The minimum atomic E-state index is -4.79. The van der Waals surface area contributed by atoms with Gasteiger partial charge in [0.1, 0.15) is 10.7 Å². The van der Waals surface area contributed by atoms with Crippen molar-refractivity contribution in [1.82, 2.24) is 9.29 Å². The molecule has 3 N–H and O–H groups in total. The second kappa shape index (κ2) is 7.47. The Kier molecular flexibility index (Phi) is 5.50. The van der Waals surface area contributed by atoms with Crippen LogP contribution in [0.4, 0.5) is 24.7 Å². The molecule has 3 rings (SSSR count). The number of nitrogens with zero attached hydrogens (tertiary/aromatic N) is 3. The smallest absolute Gasteiger partial charge is 0.384 e. The van der Waals surface area contributed by atoms with Gasteiger partial charge in [0.2, 0.25) is 10.0 Å². The van der Waals surface area contributed by atoms with E-state index >= 15 is 0 Å². The molecule has 0 aliphatic carbocycles. The molecule has 1 aromatic heterocycles. The summed E-state index contributed by atoms with van der Waals surface area (Å²) in [5, 5.41) is 9.75. The van der Waals surface area contributed by atoms with Crippen LogP contribution in [0.25, 0.3) is 0 Å². The van der Waals surface area contributed by atoms with Gasteiger partial charge < -0.3 is 15.7 Å². The summed E-state index contributed by atoms with van der Waals surface area (Å²) in [6, 6.07) is 8.25. The Morgan fingerprint density at radius 3 is 2.10 bits per heavy atom. The Balaban J connectivity index is 1.69. The number of piperazine rings is 1. The van der Waals surface area contributed by atoms with E-state index in [1.807, 2.05) is 4.90 Å². The summed E-state index contributed by atoms with van der Waals surface area (Å²) in [5.41, 5.74) is 2.94. The highest BCUT2D eigenvalue weighted by Gasteiger charge is 2.51. The van der Waals surface area contributed by atoms with Crippen molar-refractivity contribution < 1.29 is 26.7 Å². The lowest BCUT2D eigenvalue weighted by Gasteiger charge is -2.35. The molecule has 1 aliphatic heterocycles. The number of aliphatic hydroxyl groups is 1. The van der Waals surface area contributed by atoms with Gasteiger partial charge in [0.15, 0.2) is 5.60 Å². The number of halogens is 3. The molecule has 1 aliphatic rings. The van der Waals surface area contributed by atoms with Gasteiger partial charge in [0.05, 0.1) is 0 Å². The predicted octanol–water partition coefficient (Wildman–Crippen LogP) is 1.94. The van der Waals surface area contributed by atoms with E-state index in [1.165, 1.54) is 46.9 Å². The maximum Gasteiger partial charge on any atom is 0.421 e. The fraction of sp³-hybridized carbons (Fsp3) is 0.389. The first kappa shape index (κ1) is 21.3. The van der Waals surface area contributed by atoms with Gasteiger partial charge in [-0.1, -0.05) is 12.1 Å².